The van der Waals surface area contributed by atoms with Crippen LogP contribution in [0.15, 0.2) is 9.85 Å². The molecular weight excluding hydrogens is 222 g/mol. The van der Waals surface area contributed by atoms with E-state index in [1.165, 1.54) is 14.2 Å². The molecule has 0 aliphatic heterocycles. The SMILES string of the molecule is Cc1cc(CN(C)C)sc1Br. The molecule has 0 aliphatic carbocycles. The van der Waals surface area contributed by atoms with Gasteiger partial charge in [0.05, 0.1) is 3.79 Å². The van der Waals surface area contributed by atoms with Crippen LogP contribution in [0.1, 0.15) is 10.4 Å². The van der Waals surface area contributed by atoms with Crippen molar-refractivity contribution in [3.8, 4) is 0 Å². The molecule has 0 saturated carbocycles. The predicted octanol–water partition coefficient (Wildman–Crippen LogP) is 2.88. The quantitative estimate of drug-likeness (QED) is 0.760. The van der Waals surface area contributed by atoms with Crippen molar-refractivity contribution in [3.63, 3.8) is 0 Å². The molecule has 1 heterocycles. The van der Waals surface area contributed by atoms with E-state index in [0.717, 1.165) is 6.54 Å². The maximum atomic E-state index is 3.51. The zero-order chi connectivity index (χ0) is 8.43. The van der Waals surface area contributed by atoms with Gasteiger partial charge in [-0.1, -0.05) is 0 Å². The first kappa shape index (κ1) is 9.23. The molecule has 0 fully saturated rings. The Bertz CT molecular complexity index is 223. The topological polar surface area (TPSA) is 3.24 Å². The average Bonchev–Trinajstić information content (AvgIpc) is 2.10. The lowest BCUT2D eigenvalue weighted by atomic mass is 10.3. The first-order chi connectivity index (χ1) is 5.09. The van der Waals surface area contributed by atoms with E-state index >= 15 is 0 Å². The summed E-state index contributed by atoms with van der Waals surface area (Å²) in [6, 6.07) is 2.23. The third-order valence-electron chi connectivity index (χ3n) is 1.38. The molecule has 0 N–H and O–H groups in total. The number of nitrogens with zero attached hydrogens (tertiary/aromatic N) is 1. The zero-order valence-corrected chi connectivity index (χ0v) is 9.42. The minimum Gasteiger partial charge on any atom is -0.304 e. The predicted molar refractivity (Wildman–Crippen MR) is 54.1 cm³/mol. The third-order valence-corrected chi connectivity index (χ3v) is 3.50. The van der Waals surface area contributed by atoms with E-state index in [1.54, 1.807) is 0 Å². The summed E-state index contributed by atoms with van der Waals surface area (Å²) in [4.78, 5) is 3.59. The highest BCUT2D eigenvalue weighted by Crippen LogP contribution is 2.27. The second-order valence-electron chi connectivity index (χ2n) is 2.91. The van der Waals surface area contributed by atoms with Gasteiger partial charge < -0.3 is 4.90 Å². The van der Waals surface area contributed by atoms with Gasteiger partial charge in [-0.15, -0.1) is 11.3 Å². The standard InChI is InChI=1S/C8H12BrNS/c1-6-4-7(5-10(2)3)11-8(6)9/h4H,5H2,1-3H3. The van der Waals surface area contributed by atoms with E-state index in [0.29, 0.717) is 0 Å². The van der Waals surface area contributed by atoms with Crippen LogP contribution < -0.4 is 0 Å². The molecule has 0 saturated heterocycles. The Morgan fingerprint density at radius 1 is 1.55 bits per heavy atom. The second-order valence-corrected chi connectivity index (χ2v) is 5.36. The van der Waals surface area contributed by atoms with Crippen molar-refractivity contribution in [1.82, 2.24) is 4.90 Å². The highest BCUT2D eigenvalue weighted by atomic mass is 79.9. The van der Waals surface area contributed by atoms with Crippen molar-refractivity contribution in [2.45, 2.75) is 13.5 Å². The van der Waals surface area contributed by atoms with E-state index in [4.69, 9.17) is 0 Å². The van der Waals surface area contributed by atoms with Crippen LogP contribution in [0.25, 0.3) is 0 Å². The van der Waals surface area contributed by atoms with E-state index in [1.807, 2.05) is 11.3 Å². The fraction of sp³-hybridized carbons (Fsp3) is 0.500. The fourth-order valence-electron chi connectivity index (χ4n) is 0.913. The lowest BCUT2D eigenvalue weighted by Crippen LogP contribution is -2.09. The molecule has 0 aliphatic rings. The van der Waals surface area contributed by atoms with E-state index in [9.17, 15) is 0 Å². The molecule has 3 heteroatoms. The summed E-state index contributed by atoms with van der Waals surface area (Å²) in [5.74, 6) is 0. The summed E-state index contributed by atoms with van der Waals surface area (Å²) in [5.41, 5.74) is 1.34. The largest absolute Gasteiger partial charge is 0.304 e. The number of hydrogen-bond acceptors (Lipinski definition) is 2. The molecule has 0 bridgehead atoms. The molecular formula is C8H12BrNS. The summed E-state index contributed by atoms with van der Waals surface area (Å²) in [5, 5.41) is 0. The lowest BCUT2D eigenvalue weighted by molar-refractivity contribution is 0.406. The average molecular weight is 234 g/mol. The number of aryl methyl sites for hydroxylation is 1. The van der Waals surface area contributed by atoms with Crippen molar-refractivity contribution < 1.29 is 0 Å². The van der Waals surface area contributed by atoms with Crippen LogP contribution in [0.5, 0.6) is 0 Å². The Hall–Kier alpha value is 0.140. The van der Waals surface area contributed by atoms with Crippen molar-refractivity contribution >= 4 is 27.3 Å². The summed E-state index contributed by atoms with van der Waals surface area (Å²) < 4.78 is 1.26. The van der Waals surface area contributed by atoms with Gasteiger partial charge in [-0.3, -0.25) is 0 Å². The molecule has 62 valence electrons. The molecule has 0 spiro atoms. The van der Waals surface area contributed by atoms with Crippen LogP contribution in [0.3, 0.4) is 0 Å². The van der Waals surface area contributed by atoms with E-state index in [-0.39, 0.29) is 0 Å². The van der Waals surface area contributed by atoms with Gasteiger partial charge in [0.15, 0.2) is 0 Å². The molecule has 1 aromatic rings. The second kappa shape index (κ2) is 3.70. The van der Waals surface area contributed by atoms with Crippen LogP contribution in [0.4, 0.5) is 0 Å². The first-order valence-electron chi connectivity index (χ1n) is 3.49. The minimum absolute atomic E-state index is 1.04. The Labute approximate surface area is 80.2 Å². The van der Waals surface area contributed by atoms with Crippen LogP contribution >= 0.6 is 27.3 Å². The third kappa shape index (κ3) is 2.58. The highest BCUT2D eigenvalue weighted by molar-refractivity contribution is 9.11. The van der Waals surface area contributed by atoms with Crippen molar-refractivity contribution in [2.24, 2.45) is 0 Å². The maximum absolute atomic E-state index is 3.51. The Morgan fingerprint density at radius 3 is 2.55 bits per heavy atom. The Morgan fingerprint density at radius 2 is 2.18 bits per heavy atom. The van der Waals surface area contributed by atoms with Crippen LogP contribution in [-0.2, 0) is 6.54 Å². The van der Waals surface area contributed by atoms with Gasteiger partial charge in [0, 0.05) is 11.4 Å². The molecule has 1 nitrogen and oxygen atoms in total. The van der Waals surface area contributed by atoms with Crippen LogP contribution in [0.2, 0.25) is 0 Å². The van der Waals surface area contributed by atoms with Crippen molar-refractivity contribution in [3.05, 3.63) is 20.3 Å². The van der Waals surface area contributed by atoms with Gasteiger partial charge in [-0.2, -0.15) is 0 Å². The van der Waals surface area contributed by atoms with Crippen molar-refractivity contribution in [2.75, 3.05) is 14.1 Å². The van der Waals surface area contributed by atoms with Crippen LogP contribution in [0, 0.1) is 6.92 Å². The zero-order valence-electron chi connectivity index (χ0n) is 7.02. The van der Waals surface area contributed by atoms with Gasteiger partial charge >= 0.3 is 0 Å². The Kier molecular flexibility index (Phi) is 3.10. The molecule has 11 heavy (non-hydrogen) atoms. The molecule has 1 aromatic heterocycles. The highest BCUT2D eigenvalue weighted by Gasteiger charge is 2.02. The summed E-state index contributed by atoms with van der Waals surface area (Å²) >= 11 is 5.32. The molecule has 0 radical (unpaired) electrons. The van der Waals surface area contributed by atoms with Crippen LogP contribution in [-0.4, -0.2) is 19.0 Å². The van der Waals surface area contributed by atoms with Gasteiger partial charge in [0.25, 0.3) is 0 Å². The molecule has 0 amide bonds. The number of thiophene rings is 1. The number of halogens is 1. The van der Waals surface area contributed by atoms with Gasteiger partial charge in [-0.25, -0.2) is 0 Å². The monoisotopic (exact) mass is 233 g/mol. The van der Waals surface area contributed by atoms with Gasteiger partial charge in [0.1, 0.15) is 0 Å². The van der Waals surface area contributed by atoms with Gasteiger partial charge in [0.2, 0.25) is 0 Å². The summed E-state index contributed by atoms with van der Waals surface area (Å²) in [6.07, 6.45) is 0. The summed E-state index contributed by atoms with van der Waals surface area (Å²) in [6.45, 7) is 3.16. The molecule has 1 rings (SSSR count). The maximum Gasteiger partial charge on any atom is 0.0730 e. The number of rotatable bonds is 2. The molecule has 0 atom stereocenters. The van der Waals surface area contributed by atoms with Crippen molar-refractivity contribution in [1.29, 1.82) is 0 Å². The molecule has 0 unspecified atom stereocenters. The smallest absolute Gasteiger partial charge is 0.0730 e. The first-order valence-corrected chi connectivity index (χ1v) is 5.10. The van der Waals surface area contributed by atoms with E-state index in [2.05, 4.69) is 47.9 Å². The number of hydrogen-bond donors (Lipinski definition) is 0. The Balaban J connectivity index is 2.73. The normalized spacial score (nSPS) is 11.0. The van der Waals surface area contributed by atoms with E-state index < -0.39 is 0 Å². The minimum atomic E-state index is 1.04. The van der Waals surface area contributed by atoms with Gasteiger partial charge in [-0.05, 0) is 48.6 Å². The summed E-state index contributed by atoms with van der Waals surface area (Å²) in [7, 11) is 4.17. The fourth-order valence-corrected chi connectivity index (χ4v) is 2.66. The lowest BCUT2D eigenvalue weighted by Gasteiger charge is -2.05. The molecule has 0 aromatic carbocycles.